The summed E-state index contributed by atoms with van der Waals surface area (Å²) in [6.07, 6.45) is 4.16. The van der Waals surface area contributed by atoms with E-state index in [0.29, 0.717) is 5.92 Å². The smallest absolute Gasteiger partial charge is 0.0948 e. The minimum absolute atomic E-state index is 0.324. The Bertz CT molecular complexity index is 521. The lowest BCUT2D eigenvalue weighted by molar-refractivity contribution is 0.136. The minimum atomic E-state index is -0.671. The monoisotopic (exact) mass is 200 g/mol. The highest BCUT2D eigenvalue weighted by atomic mass is 16.3. The summed E-state index contributed by atoms with van der Waals surface area (Å²) in [5, 5.41) is 10.3. The second kappa shape index (κ2) is 2.76. The zero-order valence-corrected chi connectivity index (χ0v) is 8.51. The van der Waals surface area contributed by atoms with Crippen LogP contribution in [0.15, 0.2) is 30.6 Å². The maximum absolute atomic E-state index is 10.3. The van der Waals surface area contributed by atoms with Crippen molar-refractivity contribution in [1.29, 1.82) is 0 Å². The van der Waals surface area contributed by atoms with Gasteiger partial charge in [-0.25, -0.2) is 0 Å². The minimum Gasteiger partial charge on any atom is -0.385 e. The summed E-state index contributed by atoms with van der Waals surface area (Å²) < 4.78 is 0. The lowest BCUT2D eigenvalue weighted by atomic mass is 10.0. The second-order valence-electron chi connectivity index (χ2n) is 4.26. The molecule has 1 fully saturated rings. The van der Waals surface area contributed by atoms with Crippen LogP contribution < -0.4 is 0 Å². The van der Waals surface area contributed by atoms with E-state index in [9.17, 15) is 5.11 Å². The van der Waals surface area contributed by atoms with Crippen LogP contribution in [-0.4, -0.2) is 15.1 Å². The summed E-state index contributed by atoms with van der Waals surface area (Å²) in [5.41, 5.74) is 1.92. The summed E-state index contributed by atoms with van der Waals surface area (Å²) in [5.74, 6) is 0.324. The van der Waals surface area contributed by atoms with Crippen LogP contribution in [0.5, 0.6) is 0 Å². The van der Waals surface area contributed by atoms with E-state index in [4.69, 9.17) is 0 Å². The summed E-state index contributed by atoms with van der Waals surface area (Å²) in [6, 6.07) is 5.79. The number of hydrogen-bond donors (Lipinski definition) is 1. The molecule has 0 spiro atoms. The Balaban J connectivity index is 2.27. The maximum Gasteiger partial charge on any atom is 0.0948 e. The molecule has 0 aliphatic heterocycles. The summed E-state index contributed by atoms with van der Waals surface area (Å²) in [6.45, 7) is 2.05. The number of rotatable bonds is 1. The quantitative estimate of drug-likeness (QED) is 0.764. The van der Waals surface area contributed by atoms with E-state index in [1.165, 1.54) is 0 Å². The van der Waals surface area contributed by atoms with Gasteiger partial charge in [-0.1, -0.05) is 19.1 Å². The number of hydrogen-bond acceptors (Lipinski definition) is 3. The number of aliphatic hydroxyl groups is 1. The van der Waals surface area contributed by atoms with E-state index < -0.39 is 5.60 Å². The predicted molar refractivity (Wildman–Crippen MR) is 57.2 cm³/mol. The summed E-state index contributed by atoms with van der Waals surface area (Å²) in [7, 11) is 0. The van der Waals surface area contributed by atoms with Crippen molar-refractivity contribution >= 4 is 11.0 Å². The number of fused-ring (bicyclic) bond motifs is 1. The van der Waals surface area contributed by atoms with Crippen LogP contribution in [0.25, 0.3) is 11.0 Å². The molecule has 76 valence electrons. The molecule has 2 atom stereocenters. The van der Waals surface area contributed by atoms with E-state index in [0.717, 1.165) is 23.0 Å². The van der Waals surface area contributed by atoms with Crippen molar-refractivity contribution in [1.82, 2.24) is 9.97 Å². The van der Waals surface area contributed by atoms with Gasteiger partial charge in [0.05, 0.1) is 16.6 Å². The first-order valence-corrected chi connectivity index (χ1v) is 5.14. The van der Waals surface area contributed by atoms with Gasteiger partial charge in [0.15, 0.2) is 0 Å². The second-order valence-corrected chi connectivity index (χ2v) is 4.26. The molecule has 0 radical (unpaired) electrons. The number of aromatic nitrogens is 2. The molecule has 1 aliphatic rings. The Labute approximate surface area is 87.8 Å². The first kappa shape index (κ1) is 8.80. The van der Waals surface area contributed by atoms with E-state index in [-0.39, 0.29) is 0 Å². The largest absolute Gasteiger partial charge is 0.385 e. The third-order valence-electron chi connectivity index (χ3n) is 3.24. The fourth-order valence-electron chi connectivity index (χ4n) is 2.13. The average molecular weight is 200 g/mol. The highest BCUT2D eigenvalue weighted by Gasteiger charge is 2.52. The average Bonchev–Trinajstić information content (AvgIpc) is 2.87. The molecular formula is C12H12N2O. The molecule has 2 aromatic rings. The normalized spacial score (nSPS) is 29.3. The van der Waals surface area contributed by atoms with Crippen LogP contribution in [0.4, 0.5) is 0 Å². The number of para-hydroxylation sites is 1. The molecule has 0 saturated heterocycles. The molecule has 0 bridgehead atoms. The van der Waals surface area contributed by atoms with Gasteiger partial charge in [0.2, 0.25) is 0 Å². The Morgan fingerprint density at radius 1 is 1.33 bits per heavy atom. The Kier molecular flexibility index (Phi) is 1.62. The zero-order chi connectivity index (χ0) is 10.5. The van der Waals surface area contributed by atoms with E-state index in [1.807, 2.05) is 18.2 Å². The van der Waals surface area contributed by atoms with Crippen molar-refractivity contribution in [3.8, 4) is 0 Å². The fourth-order valence-corrected chi connectivity index (χ4v) is 2.13. The predicted octanol–water partition coefficient (Wildman–Crippen LogP) is 1.86. The highest BCUT2D eigenvalue weighted by Crippen LogP contribution is 2.52. The van der Waals surface area contributed by atoms with Crippen LogP contribution in [0.1, 0.15) is 18.9 Å². The zero-order valence-electron chi connectivity index (χ0n) is 8.51. The number of benzene rings is 1. The lowest BCUT2D eigenvalue weighted by Gasteiger charge is -2.11. The Hall–Kier alpha value is -1.48. The van der Waals surface area contributed by atoms with Crippen molar-refractivity contribution in [2.45, 2.75) is 18.9 Å². The van der Waals surface area contributed by atoms with Crippen molar-refractivity contribution in [3.05, 3.63) is 36.2 Å². The van der Waals surface area contributed by atoms with Gasteiger partial charge in [0.1, 0.15) is 0 Å². The molecule has 1 aliphatic carbocycles. The SMILES string of the molecule is CC1CC1(O)c1cccc2nccnc12. The van der Waals surface area contributed by atoms with Gasteiger partial charge in [-0.3, -0.25) is 9.97 Å². The van der Waals surface area contributed by atoms with Gasteiger partial charge < -0.3 is 5.11 Å². The molecule has 1 aromatic carbocycles. The third kappa shape index (κ3) is 1.16. The molecule has 3 rings (SSSR count). The standard InChI is InChI=1S/C12H12N2O/c1-8-7-12(8,15)9-3-2-4-10-11(9)14-6-5-13-10/h2-6,8,15H,7H2,1H3. The van der Waals surface area contributed by atoms with Gasteiger partial charge >= 0.3 is 0 Å². The summed E-state index contributed by atoms with van der Waals surface area (Å²) >= 11 is 0. The van der Waals surface area contributed by atoms with Crippen molar-refractivity contribution in [3.63, 3.8) is 0 Å². The van der Waals surface area contributed by atoms with E-state index in [1.54, 1.807) is 12.4 Å². The van der Waals surface area contributed by atoms with E-state index >= 15 is 0 Å². The lowest BCUT2D eigenvalue weighted by Crippen LogP contribution is -2.09. The first-order chi connectivity index (χ1) is 7.22. The first-order valence-electron chi connectivity index (χ1n) is 5.14. The van der Waals surface area contributed by atoms with Crippen molar-refractivity contribution < 1.29 is 5.11 Å². The fraction of sp³-hybridized carbons (Fsp3) is 0.333. The van der Waals surface area contributed by atoms with Crippen molar-refractivity contribution in [2.75, 3.05) is 0 Å². The summed E-state index contributed by atoms with van der Waals surface area (Å²) in [4.78, 5) is 8.53. The molecule has 3 heteroatoms. The Morgan fingerprint density at radius 2 is 2.07 bits per heavy atom. The van der Waals surface area contributed by atoms with Crippen LogP contribution >= 0.6 is 0 Å². The van der Waals surface area contributed by atoms with Gasteiger partial charge in [-0.15, -0.1) is 0 Å². The van der Waals surface area contributed by atoms with E-state index in [2.05, 4.69) is 16.9 Å². The Morgan fingerprint density at radius 3 is 2.80 bits per heavy atom. The number of nitrogens with zero attached hydrogens (tertiary/aromatic N) is 2. The molecule has 15 heavy (non-hydrogen) atoms. The third-order valence-corrected chi connectivity index (χ3v) is 3.24. The molecule has 1 aromatic heterocycles. The molecular weight excluding hydrogens is 188 g/mol. The molecule has 1 heterocycles. The molecule has 2 unspecified atom stereocenters. The van der Waals surface area contributed by atoms with Gasteiger partial charge in [0, 0.05) is 18.0 Å². The molecule has 3 nitrogen and oxygen atoms in total. The molecule has 1 saturated carbocycles. The van der Waals surface area contributed by atoms with Crippen LogP contribution in [0.2, 0.25) is 0 Å². The van der Waals surface area contributed by atoms with Crippen LogP contribution in [0.3, 0.4) is 0 Å². The molecule has 0 amide bonds. The van der Waals surface area contributed by atoms with Gasteiger partial charge in [0.25, 0.3) is 0 Å². The van der Waals surface area contributed by atoms with Crippen LogP contribution in [-0.2, 0) is 5.60 Å². The van der Waals surface area contributed by atoms with Crippen LogP contribution in [0, 0.1) is 5.92 Å². The van der Waals surface area contributed by atoms with Gasteiger partial charge in [-0.05, 0) is 18.4 Å². The highest BCUT2D eigenvalue weighted by molar-refractivity contribution is 5.79. The topological polar surface area (TPSA) is 46.0 Å². The maximum atomic E-state index is 10.3. The van der Waals surface area contributed by atoms with Crippen molar-refractivity contribution in [2.24, 2.45) is 5.92 Å². The molecule has 1 N–H and O–H groups in total. The van der Waals surface area contributed by atoms with Gasteiger partial charge in [-0.2, -0.15) is 0 Å².